The number of anilines is 1. The van der Waals surface area contributed by atoms with Gasteiger partial charge in [-0.1, -0.05) is 6.07 Å². The molecular formula is C10H12ClF3N2O. The van der Waals surface area contributed by atoms with E-state index in [1.54, 1.807) is 12.1 Å². The minimum Gasteiger partial charge on any atom is -0.481 e. The molecule has 0 radical (unpaired) electrons. The van der Waals surface area contributed by atoms with Crippen molar-refractivity contribution in [3.63, 3.8) is 0 Å². The Morgan fingerprint density at radius 3 is 2.65 bits per heavy atom. The van der Waals surface area contributed by atoms with E-state index in [1.807, 2.05) is 0 Å². The van der Waals surface area contributed by atoms with Gasteiger partial charge in [0.25, 0.3) is 0 Å². The van der Waals surface area contributed by atoms with Gasteiger partial charge >= 0.3 is 6.18 Å². The van der Waals surface area contributed by atoms with Crippen LogP contribution in [-0.2, 0) is 0 Å². The first-order chi connectivity index (χ1) is 7.96. The zero-order valence-corrected chi connectivity index (χ0v) is 9.92. The zero-order chi connectivity index (χ0) is 12.9. The average molecular weight is 269 g/mol. The van der Waals surface area contributed by atoms with Gasteiger partial charge in [-0.15, -0.1) is 11.6 Å². The Balaban J connectivity index is 2.88. The Kier molecular flexibility index (Phi) is 4.86. The van der Waals surface area contributed by atoms with Gasteiger partial charge in [0.15, 0.2) is 0 Å². The lowest BCUT2D eigenvalue weighted by molar-refractivity contribution is -0.119. The summed E-state index contributed by atoms with van der Waals surface area (Å²) in [6, 6.07) is 4.63. The lowest BCUT2D eigenvalue weighted by atomic mass is 10.4. The van der Waals surface area contributed by atoms with E-state index >= 15 is 0 Å². The standard InChI is InChI=1S/C10H12ClF3N2O/c1-17-9-4-2-3-8(15-9)16(6-5-11)7-10(12,13)14/h2-4H,5-7H2,1H3. The third kappa shape index (κ3) is 4.68. The molecule has 1 aromatic heterocycles. The highest BCUT2D eigenvalue weighted by Crippen LogP contribution is 2.22. The fourth-order valence-electron chi connectivity index (χ4n) is 1.29. The lowest BCUT2D eigenvalue weighted by Gasteiger charge is -2.24. The lowest BCUT2D eigenvalue weighted by Crippen LogP contribution is -2.36. The summed E-state index contributed by atoms with van der Waals surface area (Å²) in [7, 11) is 1.40. The first-order valence-corrected chi connectivity index (χ1v) is 5.38. The predicted molar refractivity (Wildman–Crippen MR) is 59.8 cm³/mol. The van der Waals surface area contributed by atoms with Crippen molar-refractivity contribution in [2.24, 2.45) is 0 Å². The van der Waals surface area contributed by atoms with Crippen LogP contribution in [0.25, 0.3) is 0 Å². The summed E-state index contributed by atoms with van der Waals surface area (Å²) in [6.07, 6.45) is -4.29. The number of halogens is 4. The molecule has 1 rings (SSSR count). The Bertz CT molecular complexity index is 360. The minimum atomic E-state index is -4.29. The van der Waals surface area contributed by atoms with Crippen LogP contribution in [0.4, 0.5) is 19.0 Å². The Morgan fingerprint density at radius 2 is 2.12 bits per heavy atom. The monoisotopic (exact) mass is 268 g/mol. The molecule has 0 aliphatic heterocycles. The minimum absolute atomic E-state index is 0.0707. The molecule has 7 heteroatoms. The third-order valence-electron chi connectivity index (χ3n) is 1.97. The van der Waals surface area contributed by atoms with Gasteiger partial charge in [-0.3, -0.25) is 0 Å². The summed E-state index contributed by atoms with van der Waals surface area (Å²) < 4.78 is 41.9. The second-order valence-electron chi connectivity index (χ2n) is 3.26. The summed E-state index contributed by atoms with van der Waals surface area (Å²) in [5.41, 5.74) is 0. The molecule has 17 heavy (non-hydrogen) atoms. The SMILES string of the molecule is COc1cccc(N(CCCl)CC(F)(F)F)n1. The van der Waals surface area contributed by atoms with Crippen molar-refractivity contribution in [2.75, 3.05) is 31.0 Å². The molecule has 0 bridgehead atoms. The van der Waals surface area contributed by atoms with Crippen molar-refractivity contribution in [2.45, 2.75) is 6.18 Å². The largest absolute Gasteiger partial charge is 0.481 e. The Labute approximate surface area is 102 Å². The van der Waals surface area contributed by atoms with Crippen molar-refractivity contribution in [3.8, 4) is 5.88 Å². The van der Waals surface area contributed by atoms with E-state index in [1.165, 1.54) is 13.2 Å². The summed E-state index contributed by atoms with van der Waals surface area (Å²) in [6.45, 7) is -1.01. The predicted octanol–water partition coefficient (Wildman–Crippen LogP) is 2.70. The fourth-order valence-corrected chi connectivity index (χ4v) is 1.49. The number of methoxy groups -OCH3 is 1. The molecule has 3 nitrogen and oxygen atoms in total. The summed E-state index contributed by atoms with van der Waals surface area (Å²) in [5, 5.41) is 0. The van der Waals surface area contributed by atoms with Gasteiger partial charge in [-0.05, 0) is 6.07 Å². The number of pyridine rings is 1. The van der Waals surface area contributed by atoms with Crippen LogP contribution in [0.15, 0.2) is 18.2 Å². The first kappa shape index (κ1) is 13.9. The molecule has 0 saturated heterocycles. The fraction of sp³-hybridized carbons (Fsp3) is 0.500. The maximum absolute atomic E-state index is 12.4. The Morgan fingerprint density at radius 1 is 1.41 bits per heavy atom. The molecule has 0 spiro atoms. The maximum Gasteiger partial charge on any atom is 0.405 e. The van der Waals surface area contributed by atoms with Crippen molar-refractivity contribution < 1.29 is 17.9 Å². The topological polar surface area (TPSA) is 25.4 Å². The number of aromatic nitrogens is 1. The molecule has 0 atom stereocenters. The Hall–Kier alpha value is -1.17. The summed E-state index contributed by atoms with van der Waals surface area (Å²) in [5.74, 6) is 0.557. The van der Waals surface area contributed by atoms with Crippen LogP contribution in [0, 0.1) is 0 Å². The number of hydrogen-bond acceptors (Lipinski definition) is 3. The number of nitrogens with zero attached hydrogens (tertiary/aromatic N) is 2. The number of alkyl halides is 4. The van der Waals surface area contributed by atoms with Crippen LogP contribution < -0.4 is 9.64 Å². The van der Waals surface area contributed by atoms with Crippen molar-refractivity contribution in [1.82, 2.24) is 4.98 Å². The van der Waals surface area contributed by atoms with Gasteiger partial charge in [0.2, 0.25) is 5.88 Å². The van der Waals surface area contributed by atoms with Gasteiger partial charge in [0.1, 0.15) is 12.4 Å². The molecule has 0 N–H and O–H groups in total. The van der Waals surface area contributed by atoms with Gasteiger partial charge in [0, 0.05) is 18.5 Å². The number of rotatable bonds is 5. The maximum atomic E-state index is 12.4. The van der Waals surface area contributed by atoms with Crippen molar-refractivity contribution in [1.29, 1.82) is 0 Å². The van der Waals surface area contributed by atoms with Crippen LogP contribution in [0.2, 0.25) is 0 Å². The van der Waals surface area contributed by atoms with Gasteiger partial charge < -0.3 is 9.64 Å². The first-order valence-electron chi connectivity index (χ1n) is 4.85. The second kappa shape index (κ2) is 5.95. The third-order valence-corrected chi connectivity index (χ3v) is 2.14. The van der Waals surface area contributed by atoms with E-state index in [4.69, 9.17) is 16.3 Å². The van der Waals surface area contributed by atoms with Gasteiger partial charge in [-0.2, -0.15) is 18.2 Å². The van der Waals surface area contributed by atoms with Gasteiger partial charge in [0.05, 0.1) is 7.11 Å². The molecule has 0 fully saturated rings. The molecule has 0 amide bonds. The highest BCUT2D eigenvalue weighted by Gasteiger charge is 2.31. The van der Waals surface area contributed by atoms with E-state index in [-0.39, 0.29) is 24.1 Å². The molecule has 0 unspecified atom stereocenters. The van der Waals surface area contributed by atoms with Crippen LogP contribution in [0.1, 0.15) is 0 Å². The quantitative estimate of drug-likeness (QED) is 0.768. The van der Waals surface area contributed by atoms with Crippen molar-refractivity contribution in [3.05, 3.63) is 18.2 Å². The molecule has 1 heterocycles. The molecule has 96 valence electrons. The summed E-state index contributed by atoms with van der Waals surface area (Å²) in [4.78, 5) is 5.00. The van der Waals surface area contributed by atoms with E-state index in [0.29, 0.717) is 0 Å². The van der Waals surface area contributed by atoms with Crippen LogP contribution in [0.3, 0.4) is 0 Å². The zero-order valence-electron chi connectivity index (χ0n) is 9.17. The molecular weight excluding hydrogens is 257 g/mol. The highest BCUT2D eigenvalue weighted by molar-refractivity contribution is 6.18. The molecule has 0 aromatic carbocycles. The smallest absolute Gasteiger partial charge is 0.405 e. The van der Waals surface area contributed by atoms with E-state index in [0.717, 1.165) is 4.90 Å². The van der Waals surface area contributed by atoms with Gasteiger partial charge in [-0.25, -0.2) is 0 Å². The molecule has 1 aromatic rings. The highest BCUT2D eigenvalue weighted by atomic mass is 35.5. The second-order valence-corrected chi connectivity index (χ2v) is 3.64. The van der Waals surface area contributed by atoms with Crippen LogP contribution in [-0.4, -0.2) is 37.2 Å². The molecule has 0 saturated carbocycles. The van der Waals surface area contributed by atoms with Crippen molar-refractivity contribution >= 4 is 17.4 Å². The van der Waals surface area contributed by atoms with E-state index < -0.39 is 12.7 Å². The summed E-state index contributed by atoms with van der Waals surface area (Å²) >= 11 is 5.48. The number of ether oxygens (including phenoxy) is 1. The van der Waals surface area contributed by atoms with E-state index in [9.17, 15) is 13.2 Å². The molecule has 0 aliphatic rings. The average Bonchev–Trinajstić information content (AvgIpc) is 2.27. The number of hydrogen-bond donors (Lipinski definition) is 0. The van der Waals surface area contributed by atoms with Crippen LogP contribution >= 0.6 is 11.6 Å². The van der Waals surface area contributed by atoms with E-state index in [2.05, 4.69) is 4.98 Å². The normalized spacial score (nSPS) is 11.4. The van der Waals surface area contributed by atoms with Crippen LogP contribution in [0.5, 0.6) is 5.88 Å². The molecule has 0 aliphatic carbocycles.